The van der Waals surface area contributed by atoms with E-state index in [0.29, 0.717) is 16.8 Å². The Kier molecular flexibility index (Phi) is 18.2. The molecule has 0 heterocycles. The number of carbonyl (C=O) groups excluding carboxylic acids is 6. The summed E-state index contributed by atoms with van der Waals surface area (Å²) in [5.74, 6) is -5.15. The summed E-state index contributed by atoms with van der Waals surface area (Å²) < 4.78 is 0. The molecule has 3 aromatic rings. The average Bonchev–Trinajstić information content (AvgIpc) is 3.18. The van der Waals surface area contributed by atoms with Crippen LogP contribution in [-0.4, -0.2) is 90.2 Å². The van der Waals surface area contributed by atoms with Crippen molar-refractivity contribution in [2.75, 3.05) is 25.0 Å². The lowest BCUT2D eigenvalue weighted by atomic mass is 9.99. The maximum absolute atomic E-state index is 13.5. The number of hydrogen-bond donors (Lipinski definition) is 10. The molecule has 318 valence electrons. The van der Waals surface area contributed by atoms with Crippen molar-refractivity contribution in [2.45, 2.75) is 84.0 Å². The molecule has 1 unspecified atom stereocenters. The average molecular weight is 817 g/mol. The molecule has 18 heteroatoms. The highest BCUT2D eigenvalue weighted by Crippen LogP contribution is 2.25. The van der Waals surface area contributed by atoms with Crippen molar-refractivity contribution in [1.29, 1.82) is 0 Å². The second-order valence-electron chi connectivity index (χ2n) is 14.6. The van der Waals surface area contributed by atoms with Crippen LogP contribution in [0.1, 0.15) is 80.4 Å². The molecule has 3 aromatic carbocycles. The smallest absolute Gasteiger partial charge is 0.322 e. The summed E-state index contributed by atoms with van der Waals surface area (Å²) in [4.78, 5) is 92.7. The normalized spacial score (nSPS) is 12.9. The van der Waals surface area contributed by atoms with Crippen LogP contribution in [0.4, 0.5) is 5.69 Å². The number of hydrogen-bond acceptors (Lipinski definition) is 9. The molecule has 6 amide bonds. The van der Waals surface area contributed by atoms with Crippen molar-refractivity contribution in [3.63, 3.8) is 0 Å². The number of carbonyl (C=O) groups is 7. The van der Waals surface area contributed by atoms with Crippen LogP contribution in [0.25, 0.3) is 10.8 Å². The van der Waals surface area contributed by atoms with Crippen LogP contribution in [0, 0.1) is 12.8 Å². The minimum atomic E-state index is -1.27. The van der Waals surface area contributed by atoms with Gasteiger partial charge in [-0.15, -0.1) is 0 Å². The minimum Gasteiger partial charge on any atom is -0.480 e. The summed E-state index contributed by atoms with van der Waals surface area (Å²) >= 11 is 0. The fourth-order valence-electron chi connectivity index (χ4n) is 6.12. The van der Waals surface area contributed by atoms with Crippen molar-refractivity contribution in [1.82, 2.24) is 26.6 Å². The van der Waals surface area contributed by atoms with Crippen LogP contribution < -0.4 is 49.1 Å². The van der Waals surface area contributed by atoms with Gasteiger partial charge in [0.05, 0.1) is 18.6 Å². The van der Waals surface area contributed by atoms with Gasteiger partial charge in [0, 0.05) is 24.2 Å². The largest absolute Gasteiger partial charge is 0.480 e. The first-order valence-corrected chi connectivity index (χ1v) is 19.3. The molecule has 3 rings (SSSR count). The van der Waals surface area contributed by atoms with E-state index < -0.39 is 66.7 Å². The number of anilines is 1. The van der Waals surface area contributed by atoms with Gasteiger partial charge in [-0.3, -0.25) is 38.6 Å². The second kappa shape index (κ2) is 23.0. The van der Waals surface area contributed by atoms with Crippen LogP contribution >= 0.6 is 0 Å². The first-order chi connectivity index (χ1) is 27.9. The van der Waals surface area contributed by atoms with Crippen LogP contribution in [0.2, 0.25) is 0 Å². The molecule has 0 radical (unpaired) electrons. The predicted molar refractivity (Wildman–Crippen MR) is 224 cm³/mol. The number of carboxylic acid groups (broad SMARTS) is 1. The van der Waals surface area contributed by atoms with Gasteiger partial charge in [0.2, 0.25) is 29.5 Å². The van der Waals surface area contributed by atoms with Crippen LogP contribution in [0.5, 0.6) is 0 Å². The molecule has 0 saturated carbocycles. The van der Waals surface area contributed by atoms with Crippen LogP contribution in [0.15, 0.2) is 65.7 Å². The molecule has 59 heavy (non-hydrogen) atoms. The summed E-state index contributed by atoms with van der Waals surface area (Å²) in [5.41, 5.74) is 19.4. The number of aryl methyl sites for hydroxylation is 1. The molecule has 4 atom stereocenters. The zero-order valence-electron chi connectivity index (χ0n) is 33.8. The number of nitrogens with zero attached hydrogens (tertiary/aromatic N) is 1. The third-order valence-corrected chi connectivity index (χ3v) is 9.20. The lowest BCUT2D eigenvalue weighted by molar-refractivity contribution is -0.138. The van der Waals surface area contributed by atoms with Crippen LogP contribution in [0.3, 0.4) is 0 Å². The predicted octanol–water partition coefficient (Wildman–Crippen LogP) is 1.07. The number of fused-ring (bicyclic) bond motifs is 1. The maximum Gasteiger partial charge on any atom is 0.322 e. The van der Waals surface area contributed by atoms with Gasteiger partial charge >= 0.3 is 5.97 Å². The highest BCUT2D eigenvalue weighted by atomic mass is 16.4. The third-order valence-electron chi connectivity index (χ3n) is 9.20. The van der Waals surface area contributed by atoms with Crippen molar-refractivity contribution in [3.8, 4) is 0 Å². The first-order valence-electron chi connectivity index (χ1n) is 19.3. The molecule has 0 aromatic heterocycles. The van der Waals surface area contributed by atoms with E-state index in [4.69, 9.17) is 22.3 Å². The number of nitrogens with one attached hydrogen (secondary N) is 6. The van der Waals surface area contributed by atoms with Gasteiger partial charge in [0.1, 0.15) is 18.6 Å². The molecule has 0 aliphatic rings. The number of benzene rings is 3. The van der Waals surface area contributed by atoms with Crippen LogP contribution in [-0.2, 0) is 28.8 Å². The van der Waals surface area contributed by atoms with E-state index in [9.17, 15) is 33.6 Å². The Bertz CT molecular complexity index is 2010. The zero-order chi connectivity index (χ0) is 43.6. The van der Waals surface area contributed by atoms with E-state index in [0.717, 1.165) is 16.3 Å². The van der Waals surface area contributed by atoms with E-state index in [1.165, 1.54) is 0 Å². The number of aliphatic imine (C=N–C) groups is 1. The topological polar surface area (TPSA) is 302 Å². The van der Waals surface area contributed by atoms with Gasteiger partial charge in [-0.25, -0.2) is 0 Å². The van der Waals surface area contributed by atoms with E-state index in [1.807, 2.05) is 63.2 Å². The lowest BCUT2D eigenvalue weighted by Crippen LogP contribution is -2.56. The van der Waals surface area contributed by atoms with Gasteiger partial charge in [0.15, 0.2) is 5.96 Å². The number of rotatable bonds is 22. The SMILES string of the molecule is Cc1ccc(NC(=O)CC[C@H](N)C(=O)N[C@@H](CC(C)C)C(=O)N[C@@H](CCCN=C(N)N)C(=O)NCC(=O)NCC(=O)O)cc1C(=O)NC(C)c1cccc2ccccc12. The molecular formula is C41H56N10O8. The first kappa shape index (κ1) is 46.8. The highest BCUT2D eigenvalue weighted by molar-refractivity contribution is 5.99. The molecule has 0 saturated heterocycles. The van der Waals surface area contributed by atoms with Crippen molar-refractivity contribution >= 4 is 63.8 Å². The van der Waals surface area contributed by atoms with E-state index in [2.05, 4.69) is 36.9 Å². The number of aliphatic carboxylic acids is 1. The molecule has 0 bridgehead atoms. The molecule has 13 N–H and O–H groups in total. The summed E-state index contributed by atoms with van der Waals surface area (Å²) in [6.07, 6.45) is 0.266. The summed E-state index contributed by atoms with van der Waals surface area (Å²) in [6.45, 7) is 6.32. The third kappa shape index (κ3) is 15.7. The monoisotopic (exact) mass is 816 g/mol. The minimum absolute atomic E-state index is 0.0550. The number of amides is 6. The molecule has 0 aliphatic carbocycles. The fourth-order valence-corrected chi connectivity index (χ4v) is 6.12. The molecule has 18 nitrogen and oxygen atoms in total. The quantitative estimate of drug-likeness (QED) is 0.0389. The Labute approximate surface area is 342 Å². The van der Waals surface area contributed by atoms with Gasteiger partial charge in [-0.2, -0.15) is 0 Å². The Morgan fingerprint density at radius 3 is 2.15 bits per heavy atom. The fraction of sp³-hybridized carbons (Fsp3) is 0.415. The van der Waals surface area contributed by atoms with Crippen molar-refractivity contribution in [2.24, 2.45) is 28.1 Å². The summed E-state index contributed by atoms with van der Waals surface area (Å²) in [5, 5.41) is 26.4. The number of carboxylic acids is 1. The van der Waals surface area contributed by atoms with Gasteiger partial charge in [0.25, 0.3) is 5.91 Å². The zero-order valence-corrected chi connectivity index (χ0v) is 33.8. The Morgan fingerprint density at radius 2 is 1.46 bits per heavy atom. The Balaban J connectivity index is 1.59. The van der Waals surface area contributed by atoms with Gasteiger partial charge in [-0.1, -0.05) is 62.4 Å². The summed E-state index contributed by atoms with van der Waals surface area (Å²) in [7, 11) is 0. The molecular weight excluding hydrogens is 761 g/mol. The lowest BCUT2D eigenvalue weighted by Gasteiger charge is -2.25. The number of nitrogens with two attached hydrogens (primary N) is 3. The van der Waals surface area contributed by atoms with Crippen molar-refractivity contribution in [3.05, 3.63) is 77.4 Å². The molecule has 0 aliphatic heterocycles. The van der Waals surface area contributed by atoms with Gasteiger partial charge in [-0.05, 0) is 79.5 Å². The number of guanidine groups is 1. The highest BCUT2D eigenvalue weighted by Gasteiger charge is 2.29. The van der Waals surface area contributed by atoms with Crippen molar-refractivity contribution < 1.29 is 38.7 Å². The Hall–Kier alpha value is -6.56. The standard InChI is InChI=1S/C41H56N10O8/c1-23(2)19-33(40(59)50-32(13-8-18-45-41(43)44)39(58)47-21-35(53)46-22-36(54)55)51-38(57)31(42)16-17-34(52)49-27-15-14-24(3)30(20-27)37(56)48-25(4)28-12-7-10-26-9-5-6-11-29(26)28/h5-7,9-12,14-15,20,23,25,31-33H,8,13,16-19,21-22,42H2,1-4H3,(H,46,53)(H,47,58)(H,48,56)(H,49,52)(H,50,59)(H,51,57)(H,54,55)(H4,43,44,45)/t25?,31-,32-,33-/m0/s1. The second-order valence-corrected chi connectivity index (χ2v) is 14.6. The van der Waals surface area contributed by atoms with E-state index in [-0.39, 0.29) is 62.5 Å². The Morgan fingerprint density at radius 1 is 0.763 bits per heavy atom. The molecule has 0 spiro atoms. The molecule has 0 fully saturated rings. The van der Waals surface area contributed by atoms with E-state index in [1.54, 1.807) is 25.1 Å². The maximum atomic E-state index is 13.5. The van der Waals surface area contributed by atoms with E-state index >= 15 is 0 Å². The van der Waals surface area contributed by atoms with Gasteiger partial charge < -0.3 is 54.2 Å². The summed E-state index contributed by atoms with van der Waals surface area (Å²) in [6, 6.07) is 15.1.